The number of likely N-dealkylation sites (tertiary alicyclic amines) is 1. The lowest BCUT2D eigenvalue weighted by atomic mass is 10.0. The monoisotopic (exact) mass is 442 g/mol. The smallest absolute Gasteiger partial charge is 0.312 e. The van der Waals surface area contributed by atoms with Crippen LogP contribution in [0.3, 0.4) is 0 Å². The molecule has 1 fully saturated rings. The fourth-order valence-electron chi connectivity index (χ4n) is 4.07. The molecule has 1 saturated heterocycles. The SMILES string of the molecule is CCCN(C(=O)CC(NC(N)=O)c1cccs1)C1CCN(C(=O)c2ccccc2)CC1. The van der Waals surface area contributed by atoms with Crippen molar-refractivity contribution in [2.45, 2.75) is 44.7 Å². The molecule has 0 bridgehead atoms. The van der Waals surface area contributed by atoms with Gasteiger partial charge in [-0.2, -0.15) is 0 Å². The van der Waals surface area contributed by atoms with Gasteiger partial charge in [0.2, 0.25) is 5.91 Å². The molecule has 3 N–H and O–H groups in total. The van der Waals surface area contributed by atoms with E-state index in [1.807, 2.05) is 64.6 Å². The molecule has 1 aromatic carbocycles. The molecule has 166 valence electrons. The van der Waals surface area contributed by atoms with Crippen LogP contribution in [0.15, 0.2) is 47.8 Å². The number of carbonyl (C=O) groups excluding carboxylic acids is 3. The molecule has 1 aliphatic heterocycles. The number of urea groups is 1. The number of hydrogen-bond acceptors (Lipinski definition) is 4. The molecule has 1 unspecified atom stereocenters. The van der Waals surface area contributed by atoms with Crippen molar-refractivity contribution in [1.82, 2.24) is 15.1 Å². The fraction of sp³-hybridized carbons (Fsp3) is 0.435. The van der Waals surface area contributed by atoms with Crippen LogP contribution in [0, 0.1) is 0 Å². The number of primary amides is 1. The van der Waals surface area contributed by atoms with Crippen molar-refractivity contribution in [3.05, 3.63) is 58.3 Å². The van der Waals surface area contributed by atoms with E-state index >= 15 is 0 Å². The van der Waals surface area contributed by atoms with Crippen molar-refractivity contribution in [2.75, 3.05) is 19.6 Å². The summed E-state index contributed by atoms with van der Waals surface area (Å²) in [4.78, 5) is 42.1. The molecule has 0 saturated carbocycles. The Morgan fingerprint density at radius 3 is 2.45 bits per heavy atom. The number of nitrogens with two attached hydrogens (primary N) is 1. The van der Waals surface area contributed by atoms with E-state index in [2.05, 4.69) is 5.32 Å². The number of amides is 4. The number of nitrogens with zero attached hydrogens (tertiary/aromatic N) is 2. The Kier molecular flexibility index (Phi) is 8.06. The molecule has 1 aliphatic rings. The summed E-state index contributed by atoms with van der Waals surface area (Å²) in [5, 5.41) is 4.62. The largest absolute Gasteiger partial charge is 0.352 e. The second-order valence-electron chi connectivity index (χ2n) is 7.76. The van der Waals surface area contributed by atoms with E-state index < -0.39 is 12.1 Å². The summed E-state index contributed by atoms with van der Waals surface area (Å²) in [5.41, 5.74) is 6.03. The number of rotatable bonds is 8. The molecule has 7 nitrogen and oxygen atoms in total. The maximum absolute atomic E-state index is 13.2. The van der Waals surface area contributed by atoms with Gasteiger partial charge in [-0.1, -0.05) is 31.2 Å². The number of carbonyl (C=O) groups is 3. The number of nitrogens with one attached hydrogen (secondary N) is 1. The van der Waals surface area contributed by atoms with Gasteiger partial charge in [0.1, 0.15) is 0 Å². The summed E-state index contributed by atoms with van der Waals surface area (Å²) in [6, 6.07) is 12.1. The molecule has 2 aromatic rings. The van der Waals surface area contributed by atoms with Gasteiger partial charge >= 0.3 is 6.03 Å². The lowest BCUT2D eigenvalue weighted by Gasteiger charge is -2.39. The van der Waals surface area contributed by atoms with Gasteiger partial charge in [-0.15, -0.1) is 11.3 Å². The Morgan fingerprint density at radius 1 is 1.16 bits per heavy atom. The summed E-state index contributed by atoms with van der Waals surface area (Å²) in [5.74, 6) is 0.0395. The van der Waals surface area contributed by atoms with Gasteiger partial charge in [0, 0.05) is 36.1 Å². The molecule has 8 heteroatoms. The van der Waals surface area contributed by atoms with Crippen LogP contribution in [0.25, 0.3) is 0 Å². The summed E-state index contributed by atoms with van der Waals surface area (Å²) < 4.78 is 0. The van der Waals surface area contributed by atoms with Crippen LogP contribution in [-0.4, -0.2) is 53.3 Å². The average molecular weight is 443 g/mol. The van der Waals surface area contributed by atoms with Crippen molar-refractivity contribution >= 4 is 29.2 Å². The second kappa shape index (κ2) is 10.9. The minimum atomic E-state index is -0.638. The Labute approximate surface area is 187 Å². The standard InChI is InChI=1S/C23H30N4O3S/c1-2-12-27(21(28)16-19(25-23(24)30)20-9-6-15-31-20)18-10-13-26(14-11-18)22(29)17-7-4-3-5-8-17/h3-9,15,18-19H,2,10-14,16H2,1H3,(H3,24,25,30). The fourth-order valence-corrected chi connectivity index (χ4v) is 4.85. The van der Waals surface area contributed by atoms with Gasteiger partial charge in [-0.05, 0) is 42.8 Å². The molecule has 1 atom stereocenters. The zero-order valence-corrected chi connectivity index (χ0v) is 18.6. The number of thiophene rings is 1. The average Bonchev–Trinajstić information content (AvgIpc) is 3.32. The molecule has 3 rings (SSSR count). The highest BCUT2D eigenvalue weighted by Crippen LogP contribution is 2.25. The van der Waals surface area contributed by atoms with Gasteiger partial charge in [-0.25, -0.2) is 4.79 Å². The quantitative estimate of drug-likeness (QED) is 0.656. The van der Waals surface area contributed by atoms with Crippen molar-refractivity contribution in [2.24, 2.45) is 5.73 Å². The maximum atomic E-state index is 13.2. The van der Waals surface area contributed by atoms with E-state index in [1.54, 1.807) is 0 Å². The van der Waals surface area contributed by atoms with Gasteiger partial charge in [0.25, 0.3) is 5.91 Å². The van der Waals surface area contributed by atoms with Crippen LogP contribution in [0.5, 0.6) is 0 Å². The van der Waals surface area contributed by atoms with E-state index in [9.17, 15) is 14.4 Å². The minimum absolute atomic E-state index is 0.00170. The molecule has 0 radical (unpaired) electrons. The highest BCUT2D eigenvalue weighted by atomic mass is 32.1. The third-order valence-electron chi connectivity index (χ3n) is 5.58. The molecule has 4 amide bonds. The van der Waals surface area contributed by atoms with Crippen molar-refractivity contribution < 1.29 is 14.4 Å². The first-order chi connectivity index (χ1) is 15.0. The molecule has 1 aromatic heterocycles. The Hall–Kier alpha value is -2.87. The first-order valence-electron chi connectivity index (χ1n) is 10.7. The lowest BCUT2D eigenvalue weighted by molar-refractivity contribution is -0.135. The molecule has 31 heavy (non-hydrogen) atoms. The van der Waals surface area contributed by atoms with Crippen LogP contribution >= 0.6 is 11.3 Å². The predicted molar refractivity (Wildman–Crippen MR) is 122 cm³/mol. The summed E-state index contributed by atoms with van der Waals surface area (Å²) in [6.45, 7) is 3.95. The van der Waals surface area contributed by atoms with E-state index in [-0.39, 0.29) is 24.3 Å². The zero-order chi connectivity index (χ0) is 22.2. The van der Waals surface area contributed by atoms with Gasteiger partial charge in [0.05, 0.1) is 12.5 Å². The highest BCUT2D eigenvalue weighted by Gasteiger charge is 2.31. The Morgan fingerprint density at radius 2 is 1.87 bits per heavy atom. The Bertz CT molecular complexity index is 864. The number of piperidine rings is 1. The molecule has 2 heterocycles. The van der Waals surface area contributed by atoms with Crippen molar-refractivity contribution in [1.29, 1.82) is 0 Å². The predicted octanol–water partition coefficient (Wildman–Crippen LogP) is 3.39. The summed E-state index contributed by atoms with van der Waals surface area (Å²) >= 11 is 1.49. The van der Waals surface area contributed by atoms with Crippen molar-refractivity contribution in [3.8, 4) is 0 Å². The molecular weight excluding hydrogens is 412 g/mol. The van der Waals surface area contributed by atoms with E-state index in [1.165, 1.54) is 11.3 Å². The van der Waals surface area contributed by atoms with E-state index in [0.29, 0.717) is 25.2 Å². The third kappa shape index (κ3) is 6.07. The number of hydrogen-bond donors (Lipinski definition) is 2. The van der Waals surface area contributed by atoms with Crippen LogP contribution in [-0.2, 0) is 4.79 Å². The van der Waals surface area contributed by atoms with Crippen molar-refractivity contribution in [3.63, 3.8) is 0 Å². The topological polar surface area (TPSA) is 95.7 Å². The Balaban J connectivity index is 1.63. The molecule has 0 spiro atoms. The van der Waals surface area contributed by atoms with Gasteiger partial charge in [-0.3, -0.25) is 9.59 Å². The van der Waals surface area contributed by atoms with Crippen LogP contribution in [0.2, 0.25) is 0 Å². The first kappa shape index (κ1) is 22.8. The second-order valence-corrected chi connectivity index (χ2v) is 8.74. The van der Waals surface area contributed by atoms with E-state index in [4.69, 9.17) is 5.73 Å². The normalized spacial score (nSPS) is 15.3. The molecular formula is C23H30N4O3S. The minimum Gasteiger partial charge on any atom is -0.352 e. The lowest BCUT2D eigenvalue weighted by Crippen LogP contribution is -2.49. The highest BCUT2D eigenvalue weighted by molar-refractivity contribution is 7.10. The van der Waals surface area contributed by atoms with E-state index in [0.717, 1.165) is 24.1 Å². The summed E-state index contributed by atoms with van der Waals surface area (Å²) in [6.07, 6.45) is 2.52. The third-order valence-corrected chi connectivity index (χ3v) is 6.57. The maximum Gasteiger partial charge on any atom is 0.312 e. The first-order valence-corrected chi connectivity index (χ1v) is 11.6. The molecule has 0 aliphatic carbocycles. The van der Waals surface area contributed by atoms with Gasteiger partial charge in [0.15, 0.2) is 0 Å². The zero-order valence-electron chi connectivity index (χ0n) is 17.8. The van der Waals surface area contributed by atoms with Crippen LogP contribution in [0.4, 0.5) is 4.79 Å². The van der Waals surface area contributed by atoms with Crippen LogP contribution in [0.1, 0.15) is 53.9 Å². The van der Waals surface area contributed by atoms with Crippen LogP contribution < -0.4 is 11.1 Å². The van der Waals surface area contributed by atoms with Gasteiger partial charge < -0.3 is 20.9 Å². The summed E-state index contributed by atoms with van der Waals surface area (Å²) in [7, 11) is 0. The number of benzene rings is 1.